The van der Waals surface area contributed by atoms with Crippen molar-refractivity contribution in [3.05, 3.63) is 59.9 Å². The number of fused-ring (bicyclic) bond motifs is 1. The van der Waals surface area contributed by atoms with E-state index in [2.05, 4.69) is 4.98 Å². The molecule has 0 bridgehead atoms. The van der Waals surface area contributed by atoms with Crippen molar-refractivity contribution >= 4 is 22.7 Å². The number of benzene rings is 2. The highest BCUT2D eigenvalue weighted by Gasteiger charge is 2.14. The van der Waals surface area contributed by atoms with Gasteiger partial charge in [0.1, 0.15) is 0 Å². The zero-order chi connectivity index (χ0) is 14.1. The first-order valence-electron chi connectivity index (χ1n) is 6.17. The van der Waals surface area contributed by atoms with Gasteiger partial charge in [0.2, 0.25) is 0 Å². The Bertz CT molecular complexity index is 793. The summed E-state index contributed by atoms with van der Waals surface area (Å²) in [4.78, 5) is 15.6. The van der Waals surface area contributed by atoms with E-state index in [0.717, 1.165) is 11.0 Å². The molecule has 0 atom stereocenters. The molecule has 3 rings (SSSR count). The van der Waals surface area contributed by atoms with Crippen molar-refractivity contribution in [1.29, 1.82) is 0 Å². The summed E-state index contributed by atoms with van der Waals surface area (Å²) in [5, 5.41) is 9.28. The highest BCUT2D eigenvalue weighted by molar-refractivity contribution is 5.95. The minimum Gasteiger partial charge on any atom is -0.478 e. The van der Waals surface area contributed by atoms with E-state index in [9.17, 15) is 9.90 Å². The molecule has 0 unspecified atom stereocenters. The molecule has 5 heteroatoms. The molecule has 1 heterocycles. The van der Waals surface area contributed by atoms with Crippen LogP contribution in [0.3, 0.4) is 0 Å². The molecular formula is C15H13N3O2. The van der Waals surface area contributed by atoms with Gasteiger partial charge < -0.3 is 15.4 Å². The predicted octanol–water partition coefficient (Wildman–Crippen LogP) is 2.37. The monoisotopic (exact) mass is 267 g/mol. The van der Waals surface area contributed by atoms with Crippen molar-refractivity contribution in [1.82, 2.24) is 9.55 Å². The quantitative estimate of drug-likeness (QED) is 0.714. The molecule has 5 nitrogen and oxygen atoms in total. The lowest BCUT2D eigenvalue weighted by molar-refractivity contribution is 0.0697. The third-order valence-corrected chi connectivity index (χ3v) is 3.26. The first kappa shape index (κ1) is 12.2. The normalized spacial score (nSPS) is 10.8. The van der Waals surface area contributed by atoms with Crippen molar-refractivity contribution in [2.75, 3.05) is 5.73 Å². The van der Waals surface area contributed by atoms with Gasteiger partial charge in [0.05, 0.1) is 29.5 Å². The summed E-state index contributed by atoms with van der Waals surface area (Å²) in [6.07, 6.45) is 1.71. The van der Waals surface area contributed by atoms with Gasteiger partial charge in [-0.25, -0.2) is 9.78 Å². The van der Waals surface area contributed by atoms with Crippen LogP contribution in [0.25, 0.3) is 11.0 Å². The van der Waals surface area contributed by atoms with E-state index in [1.165, 1.54) is 0 Å². The smallest absolute Gasteiger partial charge is 0.338 e. The molecule has 0 aliphatic carbocycles. The van der Waals surface area contributed by atoms with Gasteiger partial charge in [-0.3, -0.25) is 0 Å². The van der Waals surface area contributed by atoms with E-state index in [-0.39, 0.29) is 11.3 Å². The van der Waals surface area contributed by atoms with Gasteiger partial charge in [0, 0.05) is 5.69 Å². The van der Waals surface area contributed by atoms with Crippen LogP contribution in [0.1, 0.15) is 15.9 Å². The lowest BCUT2D eigenvalue weighted by atomic mass is 10.1. The van der Waals surface area contributed by atoms with Crippen LogP contribution in [-0.2, 0) is 6.54 Å². The minimum absolute atomic E-state index is 0.158. The molecule has 2 aromatic carbocycles. The maximum atomic E-state index is 11.3. The van der Waals surface area contributed by atoms with Crippen molar-refractivity contribution in [2.24, 2.45) is 0 Å². The maximum Gasteiger partial charge on any atom is 0.338 e. The van der Waals surface area contributed by atoms with Gasteiger partial charge in [-0.15, -0.1) is 0 Å². The number of nitrogen functional groups attached to an aromatic ring is 1. The summed E-state index contributed by atoms with van der Waals surface area (Å²) >= 11 is 0. The summed E-state index contributed by atoms with van der Waals surface area (Å²) in [7, 11) is 0. The van der Waals surface area contributed by atoms with E-state index < -0.39 is 5.97 Å². The number of aromatic carboxylic acids is 1. The Kier molecular flexibility index (Phi) is 2.87. The lowest BCUT2D eigenvalue weighted by Gasteiger charge is -2.10. The molecule has 3 aromatic rings. The molecule has 0 saturated heterocycles. The van der Waals surface area contributed by atoms with Gasteiger partial charge in [0.15, 0.2) is 0 Å². The number of hydrogen-bond donors (Lipinski definition) is 2. The molecule has 1 aromatic heterocycles. The number of carboxylic acids is 1. The van der Waals surface area contributed by atoms with Crippen LogP contribution < -0.4 is 5.73 Å². The molecule has 0 fully saturated rings. The van der Waals surface area contributed by atoms with Crippen LogP contribution in [0.5, 0.6) is 0 Å². The van der Waals surface area contributed by atoms with Gasteiger partial charge in [0.25, 0.3) is 0 Å². The standard InChI is InChI=1S/C15H13N3O2/c16-11-5-3-4-10(14(11)15(19)20)8-18-9-17-12-6-1-2-7-13(12)18/h1-7,9H,8,16H2,(H,19,20). The molecule has 0 radical (unpaired) electrons. The van der Waals surface area contributed by atoms with Crippen LogP contribution in [0.2, 0.25) is 0 Å². The summed E-state index contributed by atoms with van der Waals surface area (Å²) in [6, 6.07) is 12.9. The fourth-order valence-electron chi connectivity index (χ4n) is 2.33. The number of carboxylic acid groups (broad SMARTS) is 1. The van der Waals surface area contributed by atoms with Crippen LogP contribution in [0, 0.1) is 0 Å². The molecule has 3 N–H and O–H groups in total. The minimum atomic E-state index is -1.01. The first-order chi connectivity index (χ1) is 9.66. The van der Waals surface area contributed by atoms with E-state index >= 15 is 0 Å². The van der Waals surface area contributed by atoms with E-state index in [1.54, 1.807) is 24.5 Å². The second kappa shape index (κ2) is 4.70. The largest absolute Gasteiger partial charge is 0.478 e. The van der Waals surface area contributed by atoms with E-state index in [1.807, 2.05) is 28.8 Å². The van der Waals surface area contributed by atoms with Crippen molar-refractivity contribution < 1.29 is 9.90 Å². The fourth-order valence-corrected chi connectivity index (χ4v) is 2.33. The Hall–Kier alpha value is -2.82. The van der Waals surface area contributed by atoms with Gasteiger partial charge in [-0.2, -0.15) is 0 Å². The average Bonchev–Trinajstić information content (AvgIpc) is 2.82. The lowest BCUT2D eigenvalue weighted by Crippen LogP contribution is -2.09. The second-order valence-electron chi connectivity index (χ2n) is 4.55. The van der Waals surface area contributed by atoms with Crippen molar-refractivity contribution in [3.63, 3.8) is 0 Å². The van der Waals surface area contributed by atoms with Crippen molar-refractivity contribution in [3.8, 4) is 0 Å². The number of rotatable bonds is 3. The molecule has 100 valence electrons. The third kappa shape index (κ3) is 1.99. The van der Waals surface area contributed by atoms with Gasteiger partial charge in [-0.05, 0) is 23.8 Å². The van der Waals surface area contributed by atoms with Crippen LogP contribution in [-0.4, -0.2) is 20.6 Å². The summed E-state index contributed by atoms with van der Waals surface area (Å²) in [5.41, 5.74) is 8.71. The number of nitrogens with zero attached hydrogens (tertiary/aromatic N) is 2. The maximum absolute atomic E-state index is 11.3. The van der Waals surface area contributed by atoms with E-state index in [0.29, 0.717) is 12.1 Å². The third-order valence-electron chi connectivity index (χ3n) is 3.26. The number of hydrogen-bond acceptors (Lipinski definition) is 3. The number of carbonyl (C=O) groups is 1. The molecule has 20 heavy (non-hydrogen) atoms. The van der Waals surface area contributed by atoms with Crippen LogP contribution in [0.4, 0.5) is 5.69 Å². The fraction of sp³-hybridized carbons (Fsp3) is 0.0667. The zero-order valence-electron chi connectivity index (χ0n) is 10.7. The molecule has 0 amide bonds. The highest BCUT2D eigenvalue weighted by atomic mass is 16.4. The van der Waals surface area contributed by atoms with Crippen LogP contribution in [0.15, 0.2) is 48.8 Å². The first-order valence-corrected chi connectivity index (χ1v) is 6.17. The van der Waals surface area contributed by atoms with Gasteiger partial charge in [-0.1, -0.05) is 24.3 Å². The Morgan fingerprint density at radius 1 is 1.20 bits per heavy atom. The topological polar surface area (TPSA) is 81.1 Å². The molecule has 0 aliphatic heterocycles. The summed E-state index contributed by atoms with van der Waals surface area (Å²) in [6.45, 7) is 0.424. The SMILES string of the molecule is Nc1cccc(Cn2cnc3ccccc32)c1C(=O)O. The number of nitrogens with two attached hydrogens (primary N) is 1. The van der Waals surface area contributed by atoms with E-state index in [4.69, 9.17) is 5.73 Å². The number of anilines is 1. The van der Waals surface area contributed by atoms with Crippen LogP contribution >= 0.6 is 0 Å². The number of aromatic nitrogens is 2. The molecule has 0 saturated carbocycles. The molecule has 0 spiro atoms. The zero-order valence-corrected chi connectivity index (χ0v) is 10.7. The number of para-hydroxylation sites is 2. The summed E-state index contributed by atoms with van der Waals surface area (Å²) in [5.74, 6) is -1.01. The number of imidazole rings is 1. The Balaban J connectivity index is 2.08. The molecule has 0 aliphatic rings. The summed E-state index contributed by atoms with van der Waals surface area (Å²) < 4.78 is 1.91. The molecular weight excluding hydrogens is 254 g/mol. The Morgan fingerprint density at radius 3 is 2.80 bits per heavy atom. The van der Waals surface area contributed by atoms with Crippen molar-refractivity contribution in [2.45, 2.75) is 6.54 Å². The van der Waals surface area contributed by atoms with Gasteiger partial charge >= 0.3 is 5.97 Å². The predicted molar refractivity (Wildman–Crippen MR) is 76.6 cm³/mol. The Labute approximate surface area is 115 Å². The Morgan fingerprint density at radius 2 is 2.00 bits per heavy atom. The second-order valence-corrected chi connectivity index (χ2v) is 4.55. The highest BCUT2D eigenvalue weighted by Crippen LogP contribution is 2.20. The average molecular weight is 267 g/mol.